The van der Waals surface area contributed by atoms with Gasteiger partial charge in [0, 0.05) is 17.6 Å². The maximum Gasteiger partial charge on any atom is 0.410 e. The summed E-state index contributed by atoms with van der Waals surface area (Å²) in [6, 6.07) is 7.22. The number of amides is 1. The second-order valence-electron chi connectivity index (χ2n) is 6.12. The molecule has 5 heteroatoms. The predicted molar refractivity (Wildman–Crippen MR) is 79.7 cm³/mol. The highest BCUT2D eigenvalue weighted by atomic mass is 35.5. The molecule has 0 bridgehead atoms. The molecule has 0 aromatic heterocycles. The van der Waals surface area contributed by atoms with Crippen LogP contribution < -0.4 is 5.73 Å². The lowest BCUT2D eigenvalue weighted by atomic mass is 10.0. The smallest absolute Gasteiger partial charge is 0.410 e. The van der Waals surface area contributed by atoms with Gasteiger partial charge in [-0.05, 0) is 44.9 Å². The summed E-state index contributed by atoms with van der Waals surface area (Å²) >= 11 is 5.90. The number of rotatable bonds is 1. The van der Waals surface area contributed by atoms with E-state index in [4.69, 9.17) is 22.1 Å². The van der Waals surface area contributed by atoms with Crippen LogP contribution in [0.15, 0.2) is 24.3 Å². The predicted octanol–water partition coefficient (Wildman–Crippen LogP) is 3.35. The Morgan fingerprint density at radius 3 is 2.50 bits per heavy atom. The van der Waals surface area contributed by atoms with Crippen LogP contribution in [0.3, 0.4) is 0 Å². The van der Waals surface area contributed by atoms with Crippen molar-refractivity contribution in [1.82, 2.24) is 4.90 Å². The van der Waals surface area contributed by atoms with E-state index in [2.05, 4.69) is 0 Å². The molecule has 1 aromatic carbocycles. The molecule has 1 amide bonds. The summed E-state index contributed by atoms with van der Waals surface area (Å²) in [6.07, 6.45) is 0.456. The highest BCUT2D eigenvalue weighted by Crippen LogP contribution is 2.33. The zero-order valence-electron chi connectivity index (χ0n) is 12.1. The van der Waals surface area contributed by atoms with Crippen molar-refractivity contribution in [3.8, 4) is 0 Å². The van der Waals surface area contributed by atoms with Crippen molar-refractivity contribution < 1.29 is 9.53 Å². The van der Waals surface area contributed by atoms with E-state index in [0.29, 0.717) is 11.6 Å². The molecular formula is C15H21ClN2O2. The number of ether oxygens (including phenoxy) is 1. The lowest BCUT2D eigenvalue weighted by Gasteiger charge is -2.30. The minimum Gasteiger partial charge on any atom is -0.444 e. The van der Waals surface area contributed by atoms with Gasteiger partial charge in [-0.25, -0.2) is 4.79 Å². The number of hydrogen-bond acceptors (Lipinski definition) is 3. The Bertz CT molecular complexity index is 482. The molecule has 2 N–H and O–H groups in total. The van der Waals surface area contributed by atoms with Gasteiger partial charge in [-0.1, -0.05) is 23.7 Å². The SMILES string of the molecule is CC(C)(C)OC(=O)N1CC[C@@H](N)[C@@H]1c1ccc(Cl)cc1. The molecule has 20 heavy (non-hydrogen) atoms. The van der Waals surface area contributed by atoms with Crippen LogP contribution in [-0.4, -0.2) is 29.2 Å². The molecule has 2 rings (SSSR count). The van der Waals surface area contributed by atoms with Crippen molar-refractivity contribution in [3.05, 3.63) is 34.9 Å². The Balaban J connectivity index is 2.20. The van der Waals surface area contributed by atoms with Crippen LogP contribution in [0, 0.1) is 0 Å². The highest BCUT2D eigenvalue weighted by Gasteiger charge is 2.38. The fraction of sp³-hybridized carbons (Fsp3) is 0.533. The average molecular weight is 297 g/mol. The summed E-state index contributed by atoms with van der Waals surface area (Å²) in [5.41, 5.74) is 6.64. The standard InChI is InChI=1S/C15H21ClN2O2/c1-15(2,3)20-14(19)18-9-8-12(17)13(18)10-4-6-11(16)7-5-10/h4-7,12-13H,8-9,17H2,1-3H3/t12-,13+/m1/s1. The number of nitrogens with two attached hydrogens (primary N) is 1. The Hall–Kier alpha value is -1.26. The van der Waals surface area contributed by atoms with Crippen LogP contribution in [0.25, 0.3) is 0 Å². The fourth-order valence-corrected chi connectivity index (χ4v) is 2.55. The summed E-state index contributed by atoms with van der Waals surface area (Å²) in [7, 11) is 0. The van der Waals surface area contributed by atoms with Crippen molar-refractivity contribution in [3.63, 3.8) is 0 Å². The lowest BCUT2D eigenvalue weighted by molar-refractivity contribution is 0.0218. The largest absolute Gasteiger partial charge is 0.444 e. The van der Waals surface area contributed by atoms with Crippen molar-refractivity contribution in [2.75, 3.05) is 6.54 Å². The van der Waals surface area contributed by atoms with E-state index in [-0.39, 0.29) is 18.2 Å². The molecule has 0 saturated carbocycles. The molecule has 0 radical (unpaired) electrons. The van der Waals surface area contributed by atoms with E-state index in [1.807, 2.05) is 45.0 Å². The number of carbonyl (C=O) groups is 1. The molecule has 4 nitrogen and oxygen atoms in total. The number of carbonyl (C=O) groups excluding carboxylic acids is 1. The monoisotopic (exact) mass is 296 g/mol. The van der Waals surface area contributed by atoms with Crippen molar-refractivity contribution in [2.24, 2.45) is 5.73 Å². The van der Waals surface area contributed by atoms with Gasteiger partial charge in [0.1, 0.15) is 5.60 Å². The van der Waals surface area contributed by atoms with Crippen LogP contribution in [0.4, 0.5) is 4.79 Å². The van der Waals surface area contributed by atoms with Crippen LogP contribution in [-0.2, 0) is 4.74 Å². The van der Waals surface area contributed by atoms with E-state index >= 15 is 0 Å². The van der Waals surface area contributed by atoms with E-state index in [1.54, 1.807) is 4.90 Å². The van der Waals surface area contributed by atoms with Crippen LogP contribution in [0.1, 0.15) is 38.8 Å². The van der Waals surface area contributed by atoms with Crippen molar-refractivity contribution in [1.29, 1.82) is 0 Å². The minimum absolute atomic E-state index is 0.0799. The Morgan fingerprint density at radius 1 is 1.35 bits per heavy atom. The third-order valence-electron chi connectivity index (χ3n) is 3.28. The van der Waals surface area contributed by atoms with Gasteiger partial charge in [-0.2, -0.15) is 0 Å². The summed E-state index contributed by atoms with van der Waals surface area (Å²) in [5, 5.41) is 0.670. The molecule has 1 saturated heterocycles. The third kappa shape index (κ3) is 3.44. The number of likely N-dealkylation sites (tertiary alicyclic amines) is 1. The van der Waals surface area contributed by atoms with Gasteiger partial charge in [-0.3, -0.25) is 4.90 Å². The lowest BCUT2D eigenvalue weighted by Crippen LogP contribution is -2.39. The molecule has 0 aliphatic carbocycles. The second kappa shape index (κ2) is 5.62. The molecule has 0 spiro atoms. The molecular weight excluding hydrogens is 276 g/mol. The zero-order chi connectivity index (χ0) is 14.9. The van der Waals surface area contributed by atoms with Gasteiger partial charge in [-0.15, -0.1) is 0 Å². The molecule has 0 unspecified atom stereocenters. The van der Waals surface area contributed by atoms with Crippen LogP contribution >= 0.6 is 11.6 Å². The number of benzene rings is 1. The molecule has 110 valence electrons. The summed E-state index contributed by atoms with van der Waals surface area (Å²) in [6.45, 7) is 6.19. The van der Waals surface area contributed by atoms with E-state index in [9.17, 15) is 4.79 Å². The van der Waals surface area contributed by atoms with E-state index in [1.165, 1.54) is 0 Å². The highest BCUT2D eigenvalue weighted by molar-refractivity contribution is 6.30. The van der Waals surface area contributed by atoms with Crippen molar-refractivity contribution in [2.45, 2.75) is 44.9 Å². The van der Waals surface area contributed by atoms with Gasteiger partial charge in [0.25, 0.3) is 0 Å². The zero-order valence-corrected chi connectivity index (χ0v) is 12.9. The van der Waals surface area contributed by atoms with E-state index in [0.717, 1.165) is 12.0 Å². The number of hydrogen-bond donors (Lipinski definition) is 1. The Labute approximate surface area is 124 Å². The first kappa shape index (κ1) is 15.1. The topological polar surface area (TPSA) is 55.6 Å². The van der Waals surface area contributed by atoms with Gasteiger partial charge in [0.15, 0.2) is 0 Å². The second-order valence-corrected chi connectivity index (χ2v) is 6.56. The molecule has 1 aromatic rings. The fourth-order valence-electron chi connectivity index (χ4n) is 2.43. The maximum atomic E-state index is 12.3. The first-order valence-electron chi connectivity index (χ1n) is 6.78. The number of nitrogens with zero attached hydrogens (tertiary/aromatic N) is 1. The third-order valence-corrected chi connectivity index (χ3v) is 3.54. The van der Waals surface area contributed by atoms with Gasteiger partial charge in [0.05, 0.1) is 6.04 Å². The first-order valence-corrected chi connectivity index (χ1v) is 7.16. The summed E-state index contributed by atoms with van der Waals surface area (Å²) in [4.78, 5) is 14.0. The van der Waals surface area contributed by atoms with Crippen LogP contribution in [0.2, 0.25) is 5.02 Å². The Kier molecular flexibility index (Phi) is 4.25. The van der Waals surface area contributed by atoms with Gasteiger partial charge >= 0.3 is 6.09 Å². The Morgan fingerprint density at radius 2 is 1.95 bits per heavy atom. The summed E-state index contributed by atoms with van der Waals surface area (Å²) in [5.74, 6) is 0. The molecule has 1 aliphatic heterocycles. The average Bonchev–Trinajstić information content (AvgIpc) is 2.70. The maximum absolute atomic E-state index is 12.3. The van der Waals surface area contributed by atoms with Crippen molar-refractivity contribution >= 4 is 17.7 Å². The van der Waals surface area contributed by atoms with Gasteiger partial charge < -0.3 is 10.5 Å². The minimum atomic E-state index is -0.506. The van der Waals surface area contributed by atoms with E-state index < -0.39 is 5.60 Å². The molecule has 1 aliphatic rings. The number of halogens is 1. The molecule has 1 fully saturated rings. The first-order chi connectivity index (χ1) is 9.28. The molecule has 2 atom stereocenters. The van der Waals surface area contributed by atoms with Crippen LogP contribution in [0.5, 0.6) is 0 Å². The molecule has 1 heterocycles. The quantitative estimate of drug-likeness (QED) is 0.864. The normalized spacial score (nSPS) is 22.9. The summed E-state index contributed by atoms with van der Waals surface area (Å²) < 4.78 is 5.45. The van der Waals surface area contributed by atoms with Gasteiger partial charge in [0.2, 0.25) is 0 Å².